The Morgan fingerprint density at radius 2 is 2.31 bits per heavy atom. The number of rotatable bonds is 2. The molecule has 70 valence electrons. The molecule has 0 aliphatic carbocycles. The van der Waals surface area contributed by atoms with Gasteiger partial charge >= 0.3 is 5.69 Å². The molecular formula is C5H6ClN5O2. The first-order valence-corrected chi connectivity index (χ1v) is 3.55. The summed E-state index contributed by atoms with van der Waals surface area (Å²) in [6, 6.07) is 0. The lowest BCUT2D eigenvalue weighted by Crippen LogP contribution is -2.27. The molecule has 0 saturated carbocycles. The topological polar surface area (TPSA) is 98.2 Å². The van der Waals surface area contributed by atoms with E-state index in [1.807, 2.05) is 0 Å². The first-order valence-electron chi connectivity index (χ1n) is 3.17. The molecule has 0 atom stereocenters. The number of hydrazine groups is 1. The van der Waals surface area contributed by atoms with Gasteiger partial charge in [-0.15, -0.1) is 0 Å². The Morgan fingerprint density at radius 3 is 2.69 bits per heavy atom. The minimum absolute atomic E-state index is 0.0231. The van der Waals surface area contributed by atoms with Gasteiger partial charge in [0, 0.05) is 7.05 Å². The Kier molecular flexibility index (Phi) is 2.59. The summed E-state index contributed by atoms with van der Waals surface area (Å²) < 4.78 is 0. The van der Waals surface area contributed by atoms with Crippen LogP contribution in [-0.4, -0.2) is 21.9 Å². The van der Waals surface area contributed by atoms with E-state index in [1.165, 1.54) is 7.05 Å². The molecule has 0 bridgehead atoms. The monoisotopic (exact) mass is 203 g/mol. The van der Waals surface area contributed by atoms with E-state index in [0.29, 0.717) is 0 Å². The zero-order valence-corrected chi connectivity index (χ0v) is 7.39. The number of hydrogen-bond donors (Lipinski definition) is 1. The Balaban J connectivity index is 3.34. The van der Waals surface area contributed by atoms with Crippen LogP contribution < -0.4 is 10.9 Å². The smallest absolute Gasteiger partial charge is 0.292 e. The Hall–Kier alpha value is -1.47. The summed E-state index contributed by atoms with van der Waals surface area (Å²) in [5.74, 6) is 5.28. The van der Waals surface area contributed by atoms with Crippen molar-refractivity contribution in [2.45, 2.75) is 0 Å². The normalized spacial score (nSPS) is 9.77. The van der Waals surface area contributed by atoms with Crippen LogP contribution in [0.4, 0.5) is 11.5 Å². The average Bonchev–Trinajstić information content (AvgIpc) is 2.02. The van der Waals surface area contributed by atoms with Gasteiger partial charge in [-0.2, -0.15) is 0 Å². The third kappa shape index (κ3) is 1.82. The van der Waals surface area contributed by atoms with E-state index < -0.39 is 10.6 Å². The largest absolute Gasteiger partial charge is 0.349 e. The number of aromatic nitrogens is 2. The van der Waals surface area contributed by atoms with E-state index in [-0.39, 0.29) is 11.0 Å². The molecule has 7 nitrogen and oxygen atoms in total. The van der Waals surface area contributed by atoms with Crippen molar-refractivity contribution in [3.8, 4) is 0 Å². The molecule has 0 fully saturated rings. The highest BCUT2D eigenvalue weighted by molar-refractivity contribution is 6.31. The maximum atomic E-state index is 10.5. The van der Waals surface area contributed by atoms with E-state index in [9.17, 15) is 10.1 Å². The van der Waals surface area contributed by atoms with Crippen molar-refractivity contribution in [2.75, 3.05) is 12.1 Å². The van der Waals surface area contributed by atoms with Crippen LogP contribution >= 0.6 is 11.6 Å². The molecule has 0 aliphatic rings. The molecular weight excluding hydrogens is 198 g/mol. The van der Waals surface area contributed by atoms with Crippen LogP contribution in [0.15, 0.2) is 6.33 Å². The number of hydrogen-bond acceptors (Lipinski definition) is 6. The zero-order valence-electron chi connectivity index (χ0n) is 6.64. The Bertz CT molecular complexity index is 342. The van der Waals surface area contributed by atoms with Gasteiger partial charge in [-0.3, -0.25) is 15.1 Å². The SMILES string of the molecule is CN(N)c1ncnc(Cl)c1[N+](=O)[O-]. The van der Waals surface area contributed by atoms with Crippen LogP contribution in [-0.2, 0) is 0 Å². The second kappa shape index (κ2) is 3.50. The Labute approximate surface area is 78.3 Å². The summed E-state index contributed by atoms with van der Waals surface area (Å²) in [5, 5.41) is 11.3. The van der Waals surface area contributed by atoms with Crippen molar-refractivity contribution in [3.63, 3.8) is 0 Å². The van der Waals surface area contributed by atoms with Crippen LogP contribution in [0.2, 0.25) is 5.15 Å². The number of halogens is 1. The summed E-state index contributed by atoms with van der Waals surface area (Å²) in [4.78, 5) is 16.9. The molecule has 0 saturated heterocycles. The minimum Gasteiger partial charge on any atom is -0.292 e. The molecule has 0 spiro atoms. The number of nitrogens with zero attached hydrogens (tertiary/aromatic N) is 4. The summed E-state index contributed by atoms with van der Waals surface area (Å²) in [6.45, 7) is 0. The van der Waals surface area contributed by atoms with Crippen LogP contribution in [0.25, 0.3) is 0 Å². The molecule has 13 heavy (non-hydrogen) atoms. The number of nitrogens with two attached hydrogens (primary N) is 1. The van der Waals surface area contributed by atoms with Gasteiger partial charge in [-0.25, -0.2) is 15.8 Å². The highest BCUT2D eigenvalue weighted by Gasteiger charge is 2.22. The minimum atomic E-state index is -0.680. The molecule has 0 radical (unpaired) electrons. The van der Waals surface area contributed by atoms with E-state index in [4.69, 9.17) is 17.4 Å². The van der Waals surface area contributed by atoms with Crippen molar-refractivity contribution in [2.24, 2.45) is 5.84 Å². The molecule has 1 aromatic rings. The predicted molar refractivity (Wildman–Crippen MR) is 46.3 cm³/mol. The van der Waals surface area contributed by atoms with Gasteiger partial charge in [0.05, 0.1) is 4.92 Å². The van der Waals surface area contributed by atoms with E-state index in [0.717, 1.165) is 11.3 Å². The second-order valence-corrected chi connectivity index (χ2v) is 2.56. The summed E-state index contributed by atoms with van der Waals surface area (Å²) in [6.07, 6.45) is 1.11. The van der Waals surface area contributed by atoms with Gasteiger partial charge in [0.2, 0.25) is 11.0 Å². The third-order valence-corrected chi connectivity index (χ3v) is 1.55. The van der Waals surface area contributed by atoms with E-state index >= 15 is 0 Å². The second-order valence-electron chi connectivity index (χ2n) is 2.20. The lowest BCUT2D eigenvalue weighted by molar-refractivity contribution is -0.384. The fourth-order valence-corrected chi connectivity index (χ4v) is 0.961. The van der Waals surface area contributed by atoms with Crippen molar-refractivity contribution in [1.29, 1.82) is 0 Å². The van der Waals surface area contributed by atoms with Crippen LogP contribution in [0.5, 0.6) is 0 Å². The quantitative estimate of drug-likeness (QED) is 0.322. The van der Waals surface area contributed by atoms with Gasteiger partial charge in [0.1, 0.15) is 6.33 Å². The average molecular weight is 204 g/mol. The number of nitro groups is 1. The molecule has 0 aromatic carbocycles. The van der Waals surface area contributed by atoms with Gasteiger partial charge in [-0.1, -0.05) is 11.6 Å². The summed E-state index contributed by atoms with van der Waals surface area (Å²) in [5.41, 5.74) is -0.394. The maximum Gasteiger partial charge on any atom is 0.349 e. The molecule has 1 rings (SSSR count). The van der Waals surface area contributed by atoms with Crippen molar-refractivity contribution in [3.05, 3.63) is 21.6 Å². The lowest BCUT2D eigenvalue weighted by atomic mass is 10.5. The number of anilines is 1. The van der Waals surface area contributed by atoms with Gasteiger partial charge in [-0.05, 0) is 0 Å². The van der Waals surface area contributed by atoms with Crippen LogP contribution in [0.1, 0.15) is 0 Å². The molecule has 0 amide bonds. The van der Waals surface area contributed by atoms with Crippen LogP contribution in [0, 0.1) is 10.1 Å². The standard InChI is InChI=1S/C5H6ClN5O2/c1-10(7)5-3(11(12)13)4(6)8-2-9-5/h2H,7H2,1H3. The first kappa shape index (κ1) is 9.62. The summed E-state index contributed by atoms with van der Waals surface area (Å²) >= 11 is 5.49. The highest BCUT2D eigenvalue weighted by atomic mass is 35.5. The molecule has 0 aliphatic heterocycles. The van der Waals surface area contributed by atoms with Gasteiger partial charge < -0.3 is 0 Å². The fraction of sp³-hybridized carbons (Fsp3) is 0.200. The Morgan fingerprint density at radius 1 is 1.69 bits per heavy atom. The first-order chi connectivity index (χ1) is 6.04. The van der Waals surface area contributed by atoms with Crippen LogP contribution in [0.3, 0.4) is 0 Å². The predicted octanol–water partition coefficient (Wildman–Crippen LogP) is 0.348. The van der Waals surface area contributed by atoms with Gasteiger partial charge in [0.15, 0.2) is 0 Å². The molecule has 2 N–H and O–H groups in total. The van der Waals surface area contributed by atoms with Crippen molar-refractivity contribution >= 4 is 23.1 Å². The third-order valence-electron chi connectivity index (χ3n) is 1.27. The molecule has 0 unspecified atom stereocenters. The van der Waals surface area contributed by atoms with Crippen molar-refractivity contribution in [1.82, 2.24) is 9.97 Å². The highest BCUT2D eigenvalue weighted by Crippen LogP contribution is 2.28. The molecule has 8 heteroatoms. The lowest BCUT2D eigenvalue weighted by Gasteiger charge is -2.09. The van der Waals surface area contributed by atoms with Gasteiger partial charge in [0.25, 0.3) is 0 Å². The fourth-order valence-electron chi connectivity index (χ4n) is 0.764. The zero-order chi connectivity index (χ0) is 10.0. The van der Waals surface area contributed by atoms with E-state index in [2.05, 4.69) is 9.97 Å². The molecule has 1 aromatic heterocycles. The maximum absolute atomic E-state index is 10.5. The van der Waals surface area contributed by atoms with E-state index in [1.54, 1.807) is 0 Å². The molecule has 1 heterocycles. The summed E-state index contributed by atoms with van der Waals surface area (Å²) in [7, 11) is 1.42. The van der Waals surface area contributed by atoms with Crippen molar-refractivity contribution < 1.29 is 4.92 Å².